The molecule has 4 nitrogen and oxygen atoms in total. The van der Waals surface area contributed by atoms with Gasteiger partial charge < -0.3 is 14.8 Å². The third kappa shape index (κ3) is 3.76. The molecule has 0 spiro atoms. The number of rotatable bonds is 4. The molecule has 0 aliphatic heterocycles. The zero-order valence-corrected chi connectivity index (χ0v) is 13.5. The summed E-state index contributed by atoms with van der Waals surface area (Å²) in [4.78, 5) is 4.32. The number of fused-ring (bicyclic) bond motifs is 1. The van der Waals surface area contributed by atoms with E-state index in [1.165, 1.54) is 24.3 Å². The normalized spacial score (nSPS) is 11.4. The minimum absolute atomic E-state index is 0.274. The number of methoxy groups -OCH3 is 1. The van der Waals surface area contributed by atoms with E-state index in [0.29, 0.717) is 11.5 Å². The smallest absolute Gasteiger partial charge is 0.496 e. The fraction of sp³-hybridized carbons (Fsp3) is 0.167. The van der Waals surface area contributed by atoms with E-state index in [-0.39, 0.29) is 5.75 Å². The first-order valence-electron chi connectivity index (χ1n) is 7.42. The molecule has 0 fully saturated rings. The average Bonchev–Trinajstić information content (AvgIpc) is 2.56. The molecule has 3 aromatic rings. The molecule has 1 aromatic heterocycles. The SMILES string of the molecule is COc1ccc2c(Nc3ccc(OC(F)(F)F)cc3)nccc2c1C. The van der Waals surface area contributed by atoms with Gasteiger partial charge >= 0.3 is 6.36 Å². The fourth-order valence-electron chi connectivity index (χ4n) is 2.58. The van der Waals surface area contributed by atoms with Gasteiger partial charge in [0, 0.05) is 17.3 Å². The summed E-state index contributed by atoms with van der Waals surface area (Å²) in [7, 11) is 1.61. The van der Waals surface area contributed by atoms with Crippen LogP contribution in [0.5, 0.6) is 11.5 Å². The lowest BCUT2D eigenvalue weighted by atomic mass is 10.1. The number of hydrogen-bond donors (Lipinski definition) is 1. The molecule has 0 saturated heterocycles. The fourth-order valence-corrected chi connectivity index (χ4v) is 2.58. The van der Waals surface area contributed by atoms with E-state index in [4.69, 9.17) is 4.74 Å². The summed E-state index contributed by atoms with van der Waals surface area (Å²) in [5.41, 5.74) is 1.59. The Morgan fingerprint density at radius 3 is 2.32 bits per heavy atom. The molecule has 1 heterocycles. The Labute approximate surface area is 142 Å². The van der Waals surface area contributed by atoms with Crippen LogP contribution in [-0.4, -0.2) is 18.5 Å². The van der Waals surface area contributed by atoms with Gasteiger partial charge in [0.15, 0.2) is 0 Å². The number of ether oxygens (including phenoxy) is 2. The summed E-state index contributed by atoms with van der Waals surface area (Å²) in [5.74, 6) is 1.11. The molecule has 2 aromatic carbocycles. The summed E-state index contributed by atoms with van der Waals surface area (Å²) in [6, 6.07) is 11.1. The number of anilines is 2. The van der Waals surface area contributed by atoms with Crippen LogP contribution in [0.25, 0.3) is 10.8 Å². The molecule has 130 valence electrons. The maximum Gasteiger partial charge on any atom is 0.573 e. The quantitative estimate of drug-likeness (QED) is 0.704. The first-order valence-corrected chi connectivity index (χ1v) is 7.42. The van der Waals surface area contributed by atoms with Gasteiger partial charge in [-0.3, -0.25) is 0 Å². The molecule has 1 N–H and O–H groups in total. The van der Waals surface area contributed by atoms with Crippen molar-refractivity contribution in [2.24, 2.45) is 0 Å². The molecule has 0 aliphatic carbocycles. The van der Waals surface area contributed by atoms with Crippen molar-refractivity contribution in [3.05, 3.63) is 54.2 Å². The predicted molar refractivity (Wildman–Crippen MR) is 89.4 cm³/mol. The largest absolute Gasteiger partial charge is 0.573 e. The molecule has 0 bridgehead atoms. The Bertz CT molecular complexity index is 893. The Hall–Kier alpha value is -2.96. The van der Waals surface area contributed by atoms with E-state index in [9.17, 15) is 13.2 Å². The standard InChI is InChI=1S/C18H15F3N2O2/c1-11-14-9-10-22-17(15(14)7-8-16(11)24-2)23-12-3-5-13(6-4-12)25-18(19,20)21/h3-10H,1-2H3,(H,22,23). The average molecular weight is 348 g/mol. The number of nitrogens with zero attached hydrogens (tertiary/aromatic N) is 1. The summed E-state index contributed by atoms with van der Waals surface area (Å²) >= 11 is 0. The van der Waals surface area contributed by atoms with Gasteiger partial charge in [0.25, 0.3) is 0 Å². The van der Waals surface area contributed by atoms with Crippen molar-refractivity contribution in [2.45, 2.75) is 13.3 Å². The summed E-state index contributed by atoms with van der Waals surface area (Å²) in [5, 5.41) is 4.98. The van der Waals surface area contributed by atoms with Crippen LogP contribution >= 0.6 is 0 Å². The molecule has 3 rings (SSSR count). The van der Waals surface area contributed by atoms with Crippen molar-refractivity contribution in [3.8, 4) is 11.5 Å². The van der Waals surface area contributed by atoms with Gasteiger partial charge in [0.1, 0.15) is 17.3 Å². The van der Waals surface area contributed by atoms with E-state index in [0.717, 1.165) is 22.1 Å². The van der Waals surface area contributed by atoms with Gasteiger partial charge in [-0.15, -0.1) is 13.2 Å². The Morgan fingerprint density at radius 2 is 1.68 bits per heavy atom. The zero-order chi connectivity index (χ0) is 18.0. The van der Waals surface area contributed by atoms with Gasteiger partial charge in [0.05, 0.1) is 7.11 Å². The van der Waals surface area contributed by atoms with Crippen LogP contribution in [0.1, 0.15) is 5.56 Å². The van der Waals surface area contributed by atoms with Gasteiger partial charge in [0.2, 0.25) is 0 Å². The predicted octanol–water partition coefficient (Wildman–Crippen LogP) is 5.19. The number of benzene rings is 2. The highest BCUT2D eigenvalue weighted by atomic mass is 19.4. The number of aryl methyl sites for hydroxylation is 1. The van der Waals surface area contributed by atoms with Crippen LogP contribution in [0, 0.1) is 6.92 Å². The lowest BCUT2D eigenvalue weighted by molar-refractivity contribution is -0.274. The number of halogens is 3. The number of nitrogens with one attached hydrogen (secondary N) is 1. The molecular formula is C18H15F3N2O2. The van der Waals surface area contributed by atoms with Gasteiger partial charge in [-0.25, -0.2) is 4.98 Å². The van der Waals surface area contributed by atoms with Crippen LogP contribution < -0.4 is 14.8 Å². The van der Waals surface area contributed by atoms with Crippen molar-refractivity contribution in [1.29, 1.82) is 0 Å². The van der Waals surface area contributed by atoms with E-state index >= 15 is 0 Å². The van der Waals surface area contributed by atoms with Crippen molar-refractivity contribution in [2.75, 3.05) is 12.4 Å². The maximum atomic E-state index is 12.2. The van der Waals surface area contributed by atoms with Crippen LogP contribution in [-0.2, 0) is 0 Å². The zero-order valence-electron chi connectivity index (χ0n) is 13.5. The van der Waals surface area contributed by atoms with Crippen LogP contribution in [0.3, 0.4) is 0 Å². The van der Waals surface area contributed by atoms with E-state index in [1.807, 2.05) is 25.1 Å². The number of pyridine rings is 1. The Balaban J connectivity index is 1.89. The molecule has 0 unspecified atom stereocenters. The second kappa shape index (κ2) is 6.51. The minimum Gasteiger partial charge on any atom is -0.496 e. The number of alkyl halides is 3. The third-order valence-electron chi connectivity index (χ3n) is 3.74. The topological polar surface area (TPSA) is 43.4 Å². The molecular weight excluding hydrogens is 333 g/mol. The molecule has 0 amide bonds. The molecule has 0 atom stereocenters. The lowest BCUT2D eigenvalue weighted by Crippen LogP contribution is -2.16. The first-order chi connectivity index (χ1) is 11.9. The van der Waals surface area contributed by atoms with Crippen molar-refractivity contribution < 1.29 is 22.6 Å². The summed E-state index contributed by atoms with van der Waals surface area (Å²) in [6.07, 6.45) is -3.04. The third-order valence-corrected chi connectivity index (χ3v) is 3.74. The maximum absolute atomic E-state index is 12.2. The van der Waals surface area contributed by atoms with Gasteiger partial charge in [-0.1, -0.05) is 0 Å². The van der Waals surface area contributed by atoms with Gasteiger partial charge in [-0.2, -0.15) is 0 Å². The van der Waals surface area contributed by atoms with E-state index in [1.54, 1.807) is 13.3 Å². The minimum atomic E-state index is -4.71. The highest BCUT2D eigenvalue weighted by molar-refractivity contribution is 5.96. The van der Waals surface area contributed by atoms with Gasteiger partial charge in [-0.05, 0) is 60.3 Å². The second-order valence-corrected chi connectivity index (χ2v) is 5.34. The van der Waals surface area contributed by atoms with Crippen LogP contribution in [0.4, 0.5) is 24.7 Å². The lowest BCUT2D eigenvalue weighted by Gasteiger charge is -2.13. The molecule has 0 aliphatic rings. The monoisotopic (exact) mass is 348 g/mol. The van der Waals surface area contributed by atoms with Crippen LogP contribution in [0.15, 0.2) is 48.7 Å². The molecule has 25 heavy (non-hydrogen) atoms. The Morgan fingerprint density at radius 1 is 0.960 bits per heavy atom. The summed E-state index contributed by atoms with van der Waals surface area (Å²) in [6.45, 7) is 1.95. The molecule has 0 radical (unpaired) electrons. The van der Waals surface area contributed by atoms with Crippen molar-refractivity contribution >= 4 is 22.3 Å². The molecule has 7 heteroatoms. The summed E-state index contributed by atoms with van der Waals surface area (Å²) < 4.78 is 45.8. The molecule has 0 saturated carbocycles. The van der Waals surface area contributed by atoms with Crippen molar-refractivity contribution in [1.82, 2.24) is 4.98 Å². The highest BCUT2D eigenvalue weighted by Gasteiger charge is 2.30. The number of hydrogen-bond acceptors (Lipinski definition) is 4. The first kappa shape index (κ1) is 16.9. The highest BCUT2D eigenvalue weighted by Crippen LogP contribution is 2.32. The second-order valence-electron chi connectivity index (χ2n) is 5.34. The Kier molecular flexibility index (Phi) is 4.39. The number of aromatic nitrogens is 1. The van der Waals surface area contributed by atoms with E-state index < -0.39 is 6.36 Å². The van der Waals surface area contributed by atoms with E-state index in [2.05, 4.69) is 15.0 Å². The van der Waals surface area contributed by atoms with Crippen molar-refractivity contribution in [3.63, 3.8) is 0 Å². The van der Waals surface area contributed by atoms with Crippen LogP contribution in [0.2, 0.25) is 0 Å².